The first-order valence-corrected chi connectivity index (χ1v) is 13.3. The van der Waals surface area contributed by atoms with Gasteiger partial charge >= 0.3 is 6.18 Å². The maximum atomic E-state index is 13.3. The summed E-state index contributed by atoms with van der Waals surface area (Å²) in [7, 11) is -4.41. The van der Waals surface area contributed by atoms with E-state index in [0.29, 0.717) is 35.7 Å². The Labute approximate surface area is 219 Å². The zero-order valence-electron chi connectivity index (χ0n) is 20.2. The van der Waals surface area contributed by atoms with Gasteiger partial charge < -0.3 is 11.1 Å². The summed E-state index contributed by atoms with van der Waals surface area (Å²) in [5.74, 6) is -0.347. The van der Waals surface area contributed by atoms with Crippen LogP contribution in [0.5, 0.6) is 0 Å². The lowest BCUT2D eigenvalue weighted by atomic mass is 9.95. The van der Waals surface area contributed by atoms with Gasteiger partial charge in [0.05, 0.1) is 10.5 Å². The van der Waals surface area contributed by atoms with Crippen LogP contribution in [0.15, 0.2) is 108 Å². The maximum absolute atomic E-state index is 13.3. The molecule has 0 aliphatic carbocycles. The first-order chi connectivity index (χ1) is 18.1. The third kappa shape index (κ3) is 5.95. The fourth-order valence-corrected chi connectivity index (χ4v) is 5.52. The smallest absolute Gasteiger partial charge is 0.352 e. The fourth-order valence-electron chi connectivity index (χ4n) is 4.13. The van der Waals surface area contributed by atoms with Gasteiger partial charge in [0.25, 0.3) is 5.91 Å². The number of hydrogen-bond acceptors (Lipinski definition) is 4. The molecule has 4 aromatic carbocycles. The van der Waals surface area contributed by atoms with Crippen LogP contribution in [0.1, 0.15) is 32.4 Å². The van der Waals surface area contributed by atoms with E-state index in [-0.39, 0.29) is 11.5 Å². The molecule has 0 spiro atoms. The highest BCUT2D eigenvalue weighted by atomic mass is 32.2. The summed E-state index contributed by atoms with van der Waals surface area (Å²) < 4.78 is 66.3. The van der Waals surface area contributed by atoms with Crippen LogP contribution < -0.4 is 11.1 Å². The van der Waals surface area contributed by atoms with E-state index in [0.717, 1.165) is 23.8 Å². The molecule has 0 bridgehead atoms. The minimum atomic E-state index is -4.71. The number of benzene rings is 4. The molecule has 1 unspecified atom stereocenters. The summed E-state index contributed by atoms with van der Waals surface area (Å²) in [5, 5.41) is 1.22. The number of nitrogens with two attached hydrogens (primary N) is 1. The summed E-state index contributed by atoms with van der Waals surface area (Å²) in [4.78, 5) is 12.6. The molecule has 196 valence electrons. The van der Waals surface area contributed by atoms with Gasteiger partial charge in [-0.05, 0) is 52.9 Å². The monoisotopic (exact) mass is 538 g/mol. The number of halogens is 3. The number of sulfone groups is 1. The first-order valence-electron chi connectivity index (χ1n) is 11.8. The Kier molecular flexibility index (Phi) is 7.99. The predicted octanol–water partition coefficient (Wildman–Crippen LogP) is 5.78. The van der Waals surface area contributed by atoms with E-state index in [1.807, 2.05) is 30.3 Å². The van der Waals surface area contributed by atoms with Crippen LogP contribution in [0.2, 0.25) is 0 Å². The van der Waals surface area contributed by atoms with Crippen molar-refractivity contribution in [2.75, 3.05) is 6.54 Å². The van der Waals surface area contributed by atoms with Crippen molar-refractivity contribution in [3.8, 4) is 11.1 Å². The highest BCUT2D eigenvalue weighted by Crippen LogP contribution is 2.36. The van der Waals surface area contributed by atoms with Crippen molar-refractivity contribution >= 4 is 15.7 Å². The molecule has 1 amide bonds. The van der Waals surface area contributed by atoms with Gasteiger partial charge in [-0.15, -0.1) is 0 Å². The van der Waals surface area contributed by atoms with Crippen LogP contribution in [-0.2, 0) is 22.4 Å². The Hall–Kier alpha value is -3.95. The van der Waals surface area contributed by atoms with Crippen LogP contribution in [0, 0.1) is 0 Å². The molecule has 3 N–H and O–H groups in total. The van der Waals surface area contributed by atoms with Crippen LogP contribution in [-0.4, -0.2) is 20.9 Å². The number of rotatable bonds is 8. The topological polar surface area (TPSA) is 89.3 Å². The molecule has 4 aromatic rings. The van der Waals surface area contributed by atoms with E-state index in [1.165, 1.54) is 6.07 Å². The zero-order chi connectivity index (χ0) is 27.3. The van der Waals surface area contributed by atoms with Gasteiger partial charge in [0.1, 0.15) is 5.37 Å². The summed E-state index contributed by atoms with van der Waals surface area (Å²) in [6, 6.07) is 26.2. The van der Waals surface area contributed by atoms with Gasteiger partial charge in [-0.2, -0.15) is 13.2 Å². The zero-order valence-corrected chi connectivity index (χ0v) is 21.0. The van der Waals surface area contributed by atoms with Gasteiger partial charge in [0.15, 0.2) is 9.84 Å². The molecule has 0 saturated heterocycles. The fraction of sp³-hybridized carbons (Fsp3) is 0.138. The van der Waals surface area contributed by atoms with E-state index >= 15 is 0 Å². The molecule has 9 heteroatoms. The summed E-state index contributed by atoms with van der Waals surface area (Å²) >= 11 is 0. The maximum Gasteiger partial charge on any atom is 0.416 e. The second-order valence-electron chi connectivity index (χ2n) is 8.62. The van der Waals surface area contributed by atoms with Gasteiger partial charge in [-0.1, -0.05) is 78.9 Å². The van der Waals surface area contributed by atoms with Crippen molar-refractivity contribution in [3.63, 3.8) is 0 Å². The van der Waals surface area contributed by atoms with Crippen molar-refractivity contribution in [3.05, 3.63) is 125 Å². The molecule has 4 rings (SSSR count). The number of amides is 1. The molecule has 0 radical (unpaired) electrons. The number of carbonyl (C=O) groups is 1. The Morgan fingerprint density at radius 1 is 0.816 bits per heavy atom. The number of nitrogens with one attached hydrogen (secondary N) is 1. The second kappa shape index (κ2) is 11.2. The standard InChI is InChI=1S/C29H25F3N2O3S/c30-29(31,32)21-11-8-12-22(19-21)38(36,37)27(33)25-15-6-4-13-23(25)24-14-5-7-16-26(24)28(35)34-18-17-20-9-2-1-3-10-20/h1-16,19,27H,17-18,33H2,(H,34,35). The third-order valence-corrected chi connectivity index (χ3v) is 7.93. The normalized spacial score (nSPS) is 12.6. The Balaban J connectivity index is 1.65. The summed E-state index contributed by atoms with van der Waals surface area (Å²) in [6.07, 6.45) is -4.08. The van der Waals surface area contributed by atoms with Crippen molar-refractivity contribution in [1.29, 1.82) is 0 Å². The van der Waals surface area contributed by atoms with E-state index in [1.54, 1.807) is 42.5 Å². The first kappa shape index (κ1) is 27.1. The molecule has 0 saturated carbocycles. The van der Waals surface area contributed by atoms with Crippen LogP contribution in [0.25, 0.3) is 11.1 Å². The molecular formula is C29H25F3N2O3S. The van der Waals surface area contributed by atoms with Crippen molar-refractivity contribution in [2.24, 2.45) is 5.73 Å². The molecule has 38 heavy (non-hydrogen) atoms. The molecule has 1 atom stereocenters. The van der Waals surface area contributed by atoms with Gasteiger partial charge in [0.2, 0.25) is 0 Å². The SMILES string of the molecule is NC(c1ccccc1-c1ccccc1C(=O)NCCc1ccccc1)S(=O)(=O)c1cccc(C(F)(F)F)c1. The number of hydrogen-bond donors (Lipinski definition) is 2. The molecule has 0 heterocycles. The predicted molar refractivity (Wildman–Crippen MR) is 140 cm³/mol. The number of alkyl halides is 3. The Morgan fingerprint density at radius 2 is 1.45 bits per heavy atom. The highest BCUT2D eigenvalue weighted by Gasteiger charge is 2.34. The Bertz CT molecular complexity index is 1540. The molecular weight excluding hydrogens is 513 g/mol. The molecule has 5 nitrogen and oxygen atoms in total. The van der Waals surface area contributed by atoms with E-state index in [9.17, 15) is 26.4 Å². The minimum Gasteiger partial charge on any atom is -0.352 e. The summed E-state index contributed by atoms with van der Waals surface area (Å²) in [5.41, 5.74) is 7.51. The Morgan fingerprint density at radius 3 is 2.16 bits per heavy atom. The van der Waals surface area contributed by atoms with E-state index in [4.69, 9.17) is 5.73 Å². The average molecular weight is 539 g/mol. The highest BCUT2D eigenvalue weighted by molar-refractivity contribution is 7.91. The largest absolute Gasteiger partial charge is 0.416 e. The summed E-state index contributed by atoms with van der Waals surface area (Å²) in [6.45, 7) is 0.391. The van der Waals surface area contributed by atoms with Crippen LogP contribution in [0.4, 0.5) is 13.2 Å². The molecule has 0 aromatic heterocycles. The lowest BCUT2D eigenvalue weighted by Gasteiger charge is -2.19. The molecule has 0 fully saturated rings. The third-order valence-electron chi connectivity index (χ3n) is 6.10. The quantitative estimate of drug-likeness (QED) is 0.298. The van der Waals surface area contributed by atoms with Crippen LogP contribution in [0.3, 0.4) is 0 Å². The lowest BCUT2D eigenvalue weighted by molar-refractivity contribution is -0.137. The molecule has 0 aliphatic heterocycles. The van der Waals surface area contributed by atoms with E-state index < -0.39 is 31.8 Å². The van der Waals surface area contributed by atoms with Gasteiger partial charge in [-0.25, -0.2) is 8.42 Å². The van der Waals surface area contributed by atoms with Crippen molar-refractivity contribution in [1.82, 2.24) is 5.32 Å². The van der Waals surface area contributed by atoms with Gasteiger partial charge in [0, 0.05) is 12.1 Å². The minimum absolute atomic E-state index is 0.162. The molecule has 0 aliphatic rings. The average Bonchev–Trinajstić information content (AvgIpc) is 2.92. The van der Waals surface area contributed by atoms with E-state index in [2.05, 4.69) is 5.32 Å². The lowest BCUT2D eigenvalue weighted by Crippen LogP contribution is -2.26. The van der Waals surface area contributed by atoms with Crippen molar-refractivity contribution < 1.29 is 26.4 Å². The second-order valence-corrected chi connectivity index (χ2v) is 10.7. The number of carbonyl (C=O) groups excluding carboxylic acids is 1. The van der Waals surface area contributed by atoms with Gasteiger partial charge in [-0.3, -0.25) is 4.79 Å². The van der Waals surface area contributed by atoms with Crippen molar-refractivity contribution in [2.45, 2.75) is 22.9 Å². The van der Waals surface area contributed by atoms with Crippen LogP contribution >= 0.6 is 0 Å².